The van der Waals surface area contributed by atoms with E-state index in [0.29, 0.717) is 16.7 Å². The van der Waals surface area contributed by atoms with Gasteiger partial charge in [0.15, 0.2) is 0 Å². The van der Waals surface area contributed by atoms with E-state index in [9.17, 15) is 14.4 Å². The van der Waals surface area contributed by atoms with Crippen molar-refractivity contribution >= 4 is 30.1 Å². The number of carbonyl (C=O) groups excluding carboxylic acids is 3. The van der Waals surface area contributed by atoms with Crippen molar-refractivity contribution in [3.63, 3.8) is 0 Å². The highest BCUT2D eigenvalue weighted by Crippen LogP contribution is 2.26. The number of nitrogens with two attached hydrogens (primary N) is 1. The first-order valence-corrected chi connectivity index (χ1v) is 9.63. The number of benzene rings is 2. The number of rotatable bonds is 4. The summed E-state index contributed by atoms with van der Waals surface area (Å²) in [6.07, 6.45) is 3.52. The molecule has 0 spiro atoms. The van der Waals surface area contributed by atoms with E-state index in [0.717, 1.165) is 31.2 Å². The zero-order chi connectivity index (χ0) is 19.7. The number of fused-ring (bicyclic) bond motifs is 1. The van der Waals surface area contributed by atoms with E-state index in [4.69, 9.17) is 5.73 Å². The summed E-state index contributed by atoms with van der Waals surface area (Å²) in [6.45, 7) is 0.219. The molecule has 3 amide bonds. The summed E-state index contributed by atoms with van der Waals surface area (Å²) >= 11 is 0. The van der Waals surface area contributed by atoms with Crippen LogP contribution in [0.3, 0.4) is 0 Å². The van der Waals surface area contributed by atoms with Gasteiger partial charge in [0.25, 0.3) is 17.7 Å². The number of halogens is 1. The standard InChI is InChI=1S/C22H23N3O3.ClH/c23-16-7-9-17(10-8-16)24-20(26)15-6-11-18-19(12-15)22(28)25(21(18)27)13-14-4-2-1-3-5-14;/h1-6,11-12,16-17H,7-10,13,23H2,(H,24,26);1H. The predicted molar refractivity (Wildman–Crippen MR) is 112 cm³/mol. The minimum Gasteiger partial charge on any atom is -0.349 e. The highest BCUT2D eigenvalue weighted by Gasteiger charge is 2.36. The minimum atomic E-state index is -0.359. The number of imide groups is 1. The highest BCUT2D eigenvalue weighted by atomic mass is 35.5. The van der Waals surface area contributed by atoms with Crippen LogP contribution >= 0.6 is 12.4 Å². The molecule has 0 bridgehead atoms. The third-order valence-electron chi connectivity index (χ3n) is 5.52. The fourth-order valence-corrected chi connectivity index (χ4v) is 3.87. The summed E-state index contributed by atoms with van der Waals surface area (Å²) in [6, 6.07) is 14.4. The molecule has 2 aromatic rings. The van der Waals surface area contributed by atoms with Gasteiger partial charge in [-0.3, -0.25) is 19.3 Å². The number of hydrogen-bond donors (Lipinski definition) is 2. The third-order valence-corrected chi connectivity index (χ3v) is 5.52. The van der Waals surface area contributed by atoms with Crippen LogP contribution in [0.2, 0.25) is 0 Å². The second-order valence-corrected chi connectivity index (χ2v) is 7.53. The van der Waals surface area contributed by atoms with Crippen LogP contribution in [0.5, 0.6) is 0 Å². The van der Waals surface area contributed by atoms with E-state index >= 15 is 0 Å². The molecule has 1 saturated carbocycles. The summed E-state index contributed by atoms with van der Waals surface area (Å²) in [5.74, 6) is -0.899. The molecule has 4 rings (SSSR count). The van der Waals surface area contributed by atoms with Gasteiger partial charge in [0.05, 0.1) is 17.7 Å². The Hall–Kier alpha value is -2.70. The fraction of sp³-hybridized carbons (Fsp3) is 0.318. The smallest absolute Gasteiger partial charge is 0.261 e. The monoisotopic (exact) mass is 413 g/mol. The van der Waals surface area contributed by atoms with Crippen molar-refractivity contribution in [2.45, 2.75) is 44.3 Å². The molecule has 1 aliphatic heterocycles. The minimum absolute atomic E-state index is 0. The fourth-order valence-electron chi connectivity index (χ4n) is 3.87. The average molecular weight is 414 g/mol. The van der Waals surface area contributed by atoms with E-state index < -0.39 is 0 Å². The maximum Gasteiger partial charge on any atom is 0.261 e. The van der Waals surface area contributed by atoms with E-state index in [1.54, 1.807) is 12.1 Å². The number of carbonyl (C=O) groups is 3. The van der Waals surface area contributed by atoms with E-state index in [1.165, 1.54) is 11.0 Å². The largest absolute Gasteiger partial charge is 0.349 e. The van der Waals surface area contributed by atoms with Crippen molar-refractivity contribution in [1.29, 1.82) is 0 Å². The van der Waals surface area contributed by atoms with Crippen LogP contribution in [-0.4, -0.2) is 34.7 Å². The van der Waals surface area contributed by atoms with Crippen molar-refractivity contribution < 1.29 is 14.4 Å². The van der Waals surface area contributed by atoms with E-state index in [2.05, 4.69) is 5.32 Å². The van der Waals surface area contributed by atoms with Crippen LogP contribution < -0.4 is 11.1 Å². The lowest BCUT2D eigenvalue weighted by Crippen LogP contribution is -2.40. The third kappa shape index (κ3) is 4.33. The summed E-state index contributed by atoms with van der Waals surface area (Å²) in [5, 5.41) is 3.02. The molecule has 3 N–H and O–H groups in total. The summed E-state index contributed by atoms with van der Waals surface area (Å²) in [4.78, 5) is 39.2. The first-order valence-electron chi connectivity index (χ1n) is 9.63. The Labute approximate surface area is 175 Å². The molecule has 152 valence electrons. The number of nitrogens with zero attached hydrogens (tertiary/aromatic N) is 1. The van der Waals surface area contributed by atoms with Crippen LogP contribution in [0, 0.1) is 0 Å². The van der Waals surface area contributed by atoms with Gasteiger partial charge in [0.1, 0.15) is 0 Å². The Morgan fingerprint density at radius 1 is 0.966 bits per heavy atom. The lowest BCUT2D eigenvalue weighted by atomic mass is 9.91. The summed E-state index contributed by atoms with van der Waals surface area (Å²) in [7, 11) is 0. The van der Waals surface area contributed by atoms with Crippen molar-refractivity contribution in [1.82, 2.24) is 10.2 Å². The molecule has 6 nitrogen and oxygen atoms in total. The van der Waals surface area contributed by atoms with Gasteiger partial charge in [-0.25, -0.2) is 0 Å². The zero-order valence-electron chi connectivity index (χ0n) is 16.0. The quantitative estimate of drug-likeness (QED) is 0.754. The molecule has 0 unspecified atom stereocenters. The van der Waals surface area contributed by atoms with Crippen molar-refractivity contribution in [2.24, 2.45) is 5.73 Å². The molecule has 1 heterocycles. The van der Waals surface area contributed by atoms with Gasteiger partial charge in [-0.15, -0.1) is 12.4 Å². The number of amides is 3. The maximum atomic E-state index is 12.8. The van der Waals surface area contributed by atoms with E-state index in [-0.39, 0.29) is 48.8 Å². The number of hydrogen-bond acceptors (Lipinski definition) is 4. The molecule has 7 heteroatoms. The van der Waals surface area contributed by atoms with Crippen molar-refractivity contribution in [3.05, 3.63) is 70.8 Å². The molecular weight excluding hydrogens is 390 g/mol. The molecule has 1 aliphatic carbocycles. The maximum absolute atomic E-state index is 12.8. The summed E-state index contributed by atoms with van der Waals surface area (Å²) in [5.41, 5.74) is 7.83. The van der Waals surface area contributed by atoms with Crippen molar-refractivity contribution in [3.8, 4) is 0 Å². The lowest BCUT2D eigenvalue weighted by Gasteiger charge is -2.26. The van der Waals surface area contributed by atoms with Crippen LogP contribution in [-0.2, 0) is 6.54 Å². The average Bonchev–Trinajstić information content (AvgIpc) is 2.95. The van der Waals surface area contributed by atoms with Gasteiger partial charge in [0, 0.05) is 17.6 Å². The van der Waals surface area contributed by atoms with Crippen LogP contribution in [0.15, 0.2) is 48.5 Å². The molecule has 29 heavy (non-hydrogen) atoms. The highest BCUT2D eigenvalue weighted by molar-refractivity contribution is 6.22. The Bertz CT molecular complexity index is 924. The topological polar surface area (TPSA) is 92.5 Å². The normalized spacial score (nSPS) is 20.8. The first kappa shape index (κ1) is 21.0. The molecule has 0 saturated heterocycles. The Morgan fingerprint density at radius 3 is 2.31 bits per heavy atom. The summed E-state index contributed by atoms with van der Waals surface area (Å²) < 4.78 is 0. The molecular formula is C22H24ClN3O3. The van der Waals surface area contributed by atoms with Crippen LogP contribution in [0.25, 0.3) is 0 Å². The van der Waals surface area contributed by atoms with Gasteiger partial charge < -0.3 is 11.1 Å². The second kappa shape index (κ2) is 8.76. The van der Waals surface area contributed by atoms with E-state index in [1.807, 2.05) is 30.3 Å². The van der Waals surface area contributed by atoms with Crippen LogP contribution in [0.1, 0.15) is 62.3 Å². The van der Waals surface area contributed by atoms with Gasteiger partial charge in [-0.1, -0.05) is 30.3 Å². The molecule has 1 fully saturated rings. The Morgan fingerprint density at radius 2 is 1.62 bits per heavy atom. The Balaban J connectivity index is 0.00000240. The molecule has 0 aromatic heterocycles. The zero-order valence-corrected chi connectivity index (χ0v) is 16.8. The van der Waals surface area contributed by atoms with Crippen molar-refractivity contribution in [2.75, 3.05) is 0 Å². The lowest BCUT2D eigenvalue weighted by molar-refractivity contribution is 0.0642. The van der Waals surface area contributed by atoms with Gasteiger partial charge in [-0.05, 0) is 49.4 Å². The first-order chi connectivity index (χ1) is 13.5. The second-order valence-electron chi connectivity index (χ2n) is 7.53. The molecule has 0 atom stereocenters. The molecule has 0 radical (unpaired) electrons. The SMILES string of the molecule is Cl.NC1CCC(NC(=O)c2ccc3c(c2)C(=O)N(Cc2ccccc2)C3=O)CC1. The molecule has 2 aliphatic rings. The Kier molecular flexibility index (Phi) is 6.35. The van der Waals surface area contributed by atoms with Gasteiger partial charge in [-0.2, -0.15) is 0 Å². The van der Waals surface area contributed by atoms with Crippen LogP contribution in [0.4, 0.5) is 0 Å². The molecule has 2 aromatic carbocycles. The number of nitrogens with one attached hydrogen (secondary N) is 1. The predicted octanol–water partition coefficient (Wildman–Crippen LogP) is 2.90. The van der Waals surface area contributed by atoms with Gasteiger partial charge in [0.2, 0.25) is 0 Å². The van der Waals surface area contributed by atoms with Gasteiger partial charge >= 0.3 is 0 Å².